The number of carbonyl (C=O) groups excluding carboxylic acids is 2. The maximum absolute atomic E-state index is 14.0. The number of fused-ring (bicyclic) bond motifs is 2. The number of benzene rings is 3. The van der Waals surface area contributed by atoms with Gasteiger partial charge in [0.2, 0.25) is 11.8 Å². The third kappa shape index (κ3) is 4.70. The second-order valence-corrected chi connectivity index (χ2v) is 12.5. The van der Waals surface area contributed by atoms with Crippen LogP contribution in [0.15, 0.2) is 81.0 Å². The van der Waals surface area contributed by atoms with Crippen LogP contribution in [0.5, 0.6) is 11.5 Å². The van der Waals surface area contributed by atoms with E-state index in [2.05, 4.69) is 27.0 Å². The highest BCUT2D eigenvalue weighted by Gasteiger charge is 2.56. The van der Waals surface area contributed by atoms with Crippen molar-refractivity contribution in [2.75, 3.05) is 12.0 Å². The lowest BCUT2D eigenvalue weighted by Crippen LogP contribution is -2.32. The van der Waals surface area contributed by atoms with Crippen molar-refractivity contribution >= 4 is 56.5 Å². The lowest BCUT2D eigenvalue weighted by Gasteiger charge is -2.31. The number of halogens is 1. The van der Waals surface area contributed by atoms with Crippen LogP contribution in [0.25, 0.3) is 0 Å². The van der Waals surface area contributed by atoms with Gasteiger partial charge in [-0.3, -0.25) is 14.4 Å². The number of aromatic amines is 1. The molecule has 2 aliphatic rings. The van der Waals surface area contributed by atoms with Gasteiger partial charge in [-0.05, 0) is 55.0 Å². The molecule has 3 aromatic carbocycles. The number of anilines is 1. The fourth-order valence-corrected chi connectivity index (χ4v) is 8.08. The SMILES string of the molecule is COc1ccc(N2C(=O)[C@H]3[C@H](c4cc(Br)ccc4OCc4cccc(C)c4)c4sc(=O)[nH]c4S[C@H]3C2=O)cc1. The van der Waals surface area contributed by atoms with Crippen LogP contribution in [0, 0.1) is 12.8 Å². The summed E-state index contributed by atoms with van der Waals surface area (Å²) in [6.07, 6.45) is 0. The summed E-state index contributed by atoms with van der Waals surface area (Å²) in [5.41, 5.74) is 3.39. The summed E-state index contributed by atoms with van der Waals surface area (Å²) in [5.74, 6) is -0.625. The van der Waals surface area contributed by atoms with Crippen molar-refractivity contribution < 1.29 is 19.1 Å². The second kappa shape index (κ2) is 10.3. The molecule has 2 aliphatic heterocycles. The van der Waals surface area contributed by atoms with E-state index in [1.54, 1.807) is 31.4 Å². The van der Waals surface area contributed by atoms with Crippen molar-refractivity contribution in [3.63, 3.8) is 0 Å². The monoisotopic (exact) mass is 622 g/mol. The van der Waals surface area contributed by atoms with Gasteiger partial charge in [-0.1, -0.05) is 68.9 Å². The number of imide groups is 1. The van der Waals surface area contributed by atoms with Gasteiger partial charge in [0.15, 0.2) is 0 Å². The number of aromatic nitrogens is 1. The summed E-state index contributed by atoms with van der Waals surface area (Å²) >= 11 is 5.90. The molecular weight excluding hydrogens is 600 g/mol. The molecule has 1 saturated heterocycles. The van der Waals surface area contributed by atoms with Crippen LogP contribution in [-0.4, -0.2) is 29.2 Å². The van der Waals surface area contributed by atoms with Gasteiger partial charge in [-0.2, -0.15) is 0 Å². The van der Waals surface area contributed by atoms with Gasteiger partial charge in [0.05, 0.1) is 23.7 Å². The van der Waals surface area contributed by atoms with E-state index in [4.69, 9.17) is 9.47 Å². The Morgan fingerprint density at radius 3 is 2.54 bits per heavy atom. The Kier molecular flexibility index (Phi) is 6.86. The molecule has 1 aromatic heterocycles. The Hall–Kier alpha value is -3.34. The maximum Gasteiger partial charge on any atom is 0.305 e. The van der Waals surface area contributed by atoms with Gasteiger partial charge < -0.3 is 14.5 Å². The number of hydrogen-bond acceptors (Lipinski definition) is 7. The largest absolute Gasteiger partial charge is 0.497 e. The number of nitrogens with one attached hydrogen (secondary N) is 1. The molecule has 1 fully saturated rings. The predicted molar refractivity (Wildman–Crippen MR) is 155 cm³/mol. The molecule has 0 spiro atoms. The standard InChI is InChI=1S/C29H23BrN2O5S2/c1-15-4-3-5-16(12-15)14-37-21-11-6-17(30)13-20(21)22-23-25(38-26-24(22)39-29(35)31-26)28(34)32(27(23)33)18-7-9-19(36-2)10-8-18/h3-13,22-23,25H,14H2,1-2H3,(H,31,35)/t22-,23-,25+/m0/s1. The molecule has 0 unspecified atom stereocenters. The van der Waals surface area contributed by atoms with Crippen molar-refractivity contribution in [1.29, 1.82) is 0 Å². The number of carbonyl (C=O) groups is 2. The Bertz CT molecular complexity index is 1650. The molecule has 0 saturated carbocycles. The van der Waals surface area contributed by atoms with Crippen LogP contribution in [-0.2, 0) is 16.2 Å². The second-order valence-electron chi connectivity index (χ2n) is 9.42. The first kappa shape index (κ1) is 25.9. The van der Waals surface area contributed by atoms with E-state index >= 15 is 0 Å². The topological polar surface area (TPSA) is 88.7 Å². The molecule has 4 aromatic rings. The summed E-state index contributed by atoms with van der Waals surface area (Å²) in [5, 5.41) is -0.0652. The summed E-state index contributed by atoms with van der Waals surface area (Å²) in [6, 6.07) is 20.6. The first-order chi connectivity index (χ1) is 18.8. The van der Waals surface area contributed by atoms with Crippen LogP contribution in [0.2, 0.25) is 0 Å². The molecule has 2 amide bonds. The average molecular weight is 624 g/mol. The third-order valence-electron chi connectivity index (χ3n) is 6.94. The molecule has 3 atom stereocenters. The highest BCUT2D eigenvalue weighted by atomic mass is 79.9. The first-order valence-corrected chi connectivity index (χ1v) is 14.7. The molecule has 3 heterocycles. The molecule has 39 heavy (non-hydrogen) atoms. The van der Waals surface area contributed by atoms with E-state index in [1.165, 1.54) is 16.7 Å². The van der Waals surface area contributed by atoms with Crippen LogP contribution in [0.4, 0.5) is 5.69 Å². The zero-order chi connectivity index (χ0) is 27.3. The van der Waals surface area contributed by atoms with Gasteiger partial charge in [-0.25, -0.2) is 4.90 Å². The predicted octanol–water partition coefficient (Wildman–Crippen LogP) is 5.89. The maximum atomic E-state index is 14.0. The van der Waals surface area contributed by atoms with Gasteiger partial charge in [0.1, 0.15) is 23.4 Å². The van der Waals surface area contributed by atoms with E-state index in [-0.39, 0.29) is 16.7 Å². The number of methoxy groups -OCH3 is 1. The fraction of sp³-hybridized carbons (Fsp3) is 0.207. The number of ether oxygens (including phenoxy) is 2. The minimum atomic E-state index is -0.709. The normalized spacial score (nSPS) is 20.1. The Balaban J connectivity index is 1.43. The van der Waals surface area contributed by atoms with Crippen LogP contribution < -0.4 is 19.2 Å². The number of thioether (sulfide) groups is 1. The summed E-state index contributed by atoms with van der Waals surface area (Å²) in [7, 11) is 1.56. The van der Waals surface area contributed by atoms with Crippen molar-refractivity contribution in [2.24, 2.45) is 5.92 Å². The number of H-pyrrole nitrogens is 1. The third-order valence-corrected chi connectivity index (χ3v) is 9.83. The minimum absolute atomic E-state index is 0.221. The van der Waals surface area contributed by atoms with Gasteiger partial charge in [-0.15, -0.1) is 0 Å². The zero-order valence-electron chi connectivity index (χ0n) is 21.0. The molecule has 1 N–H and O–H groups in total. The molecule has 10 heteroatoms. The zero-order valence-corrected chi connectivity index (χ0v) is 24.2. The highest BCUT2D eigenvalue weighted by Crippen LogP contribution is 2.54. The molecule has 6 rings (SSSR count). The van der Waals surface area contributed by atoms with Gasteiger partial charge in [0.25, 0.3) is 0 Å². The van der Waals surface area contributed by atoms with E-state index < -0.39 is 17.1 Å². The van der Waals surface area contributed by atoms with Gasteiger partial charge in [0, 0.05) is 20.8 Å². The Morgan fingerprint density at radius 2 is 1.79 bits per heavy atom. The number of hydrogen-bond donors (Lipinski definition) is 1. The molecular formula is C29H23BrN2O5S2. The summed E-state index contributed by atoms with van der Waals surface area (Å²) in [6.45, 7) is 2.37. The molecule has 198 valence electrons. The minimum Gasteiger partial charge on any atom is -0.497 e. The molecule has 0 radical (unpaired) electrons. The lowest BCUT2D eigenvalue weighted by molar-refractivity contribution is -0.122. The van der Waals surface area contributed by atoms with Crippen LogP contribution >= 0.6 is 39.0 Å². The van der Waals surface area contributed by atoms with Crippen molar-refractivity contribution in [1.82, 2.24) is 4.98 Å². The average Bonchev–Trinajstić information content (AvgIpc) is 3.42. The number of aryl methyl sites for hydroxylation is 1. The summed E-state index contributed by atoms with van der Waals surface area (Å²) in [4.78, 5) is 44.9. The number of nitrogens with zero attached hydrogens (tertiary/aromatic N) is 1. The quantitative estimate of drug-likeness (QED) is 0.270. The Morgan fingerprint density at radius 1 is 1.00 bits per heavy atom. The molecule has 7 nitrogen and oxygen atoms in total. The summed E-state index contributed by atoms with van der Waals surface area (Å²) < 4.78 is 12.4. The van der Waals surface area contributed by atoms with Crippen LogP contribution in [0.1, 0.15) is 27.5 Å². The number of amides is 2. The van der Waals surface area contributed by atoms with E-state index in [0.717, 1.165) is 37.4 Å². The number of rotatable bonds is 6. The number of thiazole rings is 1. The molecule has 0 aliphatic carbocycles. The van der Waals surface area contributed by atoms with Crippen molar-refractivity contribution in [3.8, 4) is 11.5 Å². The highest BCUT2D eigenvalue weighted by molar-refractivity contribution is 9.10. The van der Waals surface area contributed by atoms with E-state index in [1.807, 2.05) is 43.3 Å². The Labute approximate surface area is 241 Å². The van der Waals surface area contributed by atoms with Crippen LogP contribution in [0.3, 0.4) is 0 Å². The van der Waals surface area contributed by atoms with E-state index in [0.29, 0.717) is 28.8 Å². The first-order valence-electron chi connectivity index (χ1n) is 12.2. The van der Waals surface area contributed by atoms with E-state index in [9.17, 15) is 14.4 Å². The van der Waals surface area contributed by atoms with Gasteiger partial charge >= 0.3 is 4.87 Å². The smallest absolute Gasteiger partial charge is 0.305 e. The molecule has 0 bridgehead atoms. The van der Waals surface area contributed by atoms with Crippen molar-refractivity contribution in [2.45, 2.75) is 29.7 Å². The lowest BCUT2D eigenvalue weighted by atomic mass is 9.82. The fourth-order valence-electron chi connectivity index (χ4n) is 5.19. The van der Waals surface area contributed by atoms with Crippen molar-refractivity contribution in [3.05, 3.63) is 102 Å².